The molecule has 3 N–H and O–H groups in total. The number of aromatic nitrogens is 5. The van der Waals surface area contributed by atoms with Crippen LogP contribution in [0.25, 0.3) is 16.9 Å². The molecule has 0 spiro atoms. The highest BCUT2D eigenvalue weighted by atomic mass is 16.1. The summed E-state index contributed by atoms with van der Waals surface area (Å²) in [6.07, 6.45) is 2.59. The van der Waals surface area contributed by atoms with Gasteiger partial charge >= 0.3 is 0 Å². The van der Waals surface area contributed by atoms with Crippen molar-refractivity contribution in [2.24, 2.45) is 0 Å². The largest absolute Gasteiger partial charge is 0.324 e. The fourth-order valence-electron chi connectivity index (χ4n) is 4.31. The SMILES string of the molecule is CCn1c(=O)c2cnc(Nc3ccc4c(c3)CCNC4)nc2n1-c1cccc(C(C)(C)NC)n1. The van der Waals surface area contributed by atoms with E-state index in [1.165, 1.54) is 11.1 Å². The van der Waals surface area contributed by atoms with Gasteiger partial charge < -0.3 is 16.0 Å². The van der Waals surface area contributed by atoms with Crippen LogP contribution in [0, 0.1) is 0 Å². The molecule has 1 aliphatic rings. The molecule has 0 aliphatic carbocycles. The van der Waals surface area contributed by atoms with Crippen LogP contribution in [-0.4, -0.2) is 37.9 Å². The lowest BCUT2D eigenvalue weighted by Crippen LogP contribution is -2.34. The molecule has 0 saturated carbocycles. The number of anilines is 2. The zero-order valence-corrected chi connectivity index (χ0v) is 20.0. The first-order valence-electron chi connectivity index (χ1n) is 11.7. The molecule has 176 valence electrons. The molecule has 3 aromatic heterocycles. The summed E-state index contributed by atoms with van der Waals surface area (Å²) in [5.41, 5.74) is 4.52. The fourth-order valence-corrected chi connectivity index (χ4v) is 4.31. The maximum atomic E-state index is 13.1. The summed E-state index contributed by atoms with van der Waals surface area (Å²) >= 11 is 0. The van der Waals surface area contributed by atoms with Gasteiger partial charge in [-0.25, -0.2) is 19.3 Å². The Kier molecular flexibility index (Phi) is 5.66. The van der Waals surface area contributed by atoms with Crippen LogP contribution in [-0.2, 0) is 25.0 Å². The number of benzene rings is 1. The van der Waals surface area contributed by atoms with Crippen LogP contribution in [0.1, 0.15) is 37.6 Å². The van der Waals surface area contributed by atoms with Gasteiger partial charge in [0.1, 0.15) is 5.39 Å². The highest BCUT2D eigenvalue weighted by Gasteiger charge is 2.22. The number of rotatable bonds is 6. The summed E-state index contributed by atoms with van der Waals surface area (Å²) in [6, 6.07) is 12.1. The number of nitrogens with zero attached hydrogens (tertiary/aromatic N) is 5. The molecule has 0 atom stereocenters. The molecule has 0 amide bonds. The average Bonchev–Trinajstić information content (AvgIpc) is 3.14. The Labute approximate surface area is 198 Å². The molecule has 1 aromatic carbocycles. The minimum atomic E-state index is -0.319. The summed E-state index contributed by atoms with van der Waals surface area (Å²) in [5.74, 6) is 1.08. The summed E-state index contributed by atoms with van der Waals surface area (Å²) in [4.78, 5) is 27.2. The number of nitrogens with one attached hydrogen (secondary N) is 3. The summed E-state index contributed by atoms with van der Waals surface area (Å²) in [7, 11) is 1.91. The van der Waals surface area contributed by atoms with Crippen molar-refractivity contribution >= 4 is 22.7 Å². The molecule has 9 nitrogen and oxygen atoms in total. The Morgan fingerprint density at radius 3 is 2.79 bits per heavy atom. The van der Waals surface area contributed by atoms with E-state index in [0.29, 0.717) is 29.3 Å². The van der Waals surface area contributed by atoms with Crippen LogP contribution in [0.2, 0.25) is 0 Å². The summed E-state index contributed by atoms with van der Waals surface area (Å²) < 4.78 is 3.44. The van der Waals surface area contributed by atoms with Gasteiger partial charge in [0.05, 0.1) is 11.2 Å². The van der Waals surface area contributed by atoms with Crippen LogP contribution >= 0.6 is 0 Å². The molecule has 9 heteroatoms. The first-order valence-corrected chi connectivity index (χ1v) is 11.7. The maximum absolute atomic E-state index is 13.1. The molecule has 4 heterocycles. The van der Waals surface area contributed by atoms with E-state index in [1.807, 2.05) is 38.2 Å². The number of hydrogen-bond donors (Lipinski definition) is 3. The van der Waals surface area contributed by atoms with E-state index in [4.69, 9.17) is 9.97 Å². The first-order chi connectivity index (χ1) is 16.4. The van der Waals surface area contributed by atoms with Gasteiger partial charge in [0.2, 0.25) is 5.95 Å². The van der Waals surface area contributed by atoms with Crippen molar-refractivity contribution < 1.29 is 0 Å². The second-order valence-electron chi connectivity index (χ2n) is 9.05. The van der Waals surface area contributed by atoms with Crippen molar-refractivity contribution in [1.29, 1.82) is 0 Å². The molecule has 5 rings (SSSR count). The van der Waals surface area contributed by atoms with Gasteiger partial charge in [0.15, 0.2) is 11.5 Å². The van der Waals surface area contributed by atoms with E-state index in [9.17, 15) is 4.79 Å². The molecule has 0 fully saturated rings. The fraction of sp³-hybridized carbons (Fsp3) is 0.360. The van der Waals surface area contributed by atoms with Crippen molar-refractivity contribution in [1.82, 2.24) is 34.9 Å². The average molecular weight is 459 g/mol. The molecule has 4 aromatic rings. The molecule has 0 unspecified atom stereocenters. The van der Waals surface area contributed by atoms with Crippen molar-refractivity contribution in [3.05, 3.63) is 69.8 Å². The summed E-state index contributed by atoms with van der Waals surface area (Å²) in [6.45, 7) is 8.43. The predicted octanol–water partition coefficient (Wildman–Crippen LogP) is 2.84. The zero-order chi connectivity index (χ0) is 23.9. The van der Waals surface area contributed by atoms with Crippen molar-refractivity contribution in [3.63, 3.8) is 0 Å². The van der Waals surface area contributed by atoms with Crippen LogP contribution in [0.4, 0.5) is 11.6 Å². The minimum Gasteiger partial charge on any atom is -0.324 e. The van der Waals surface area contributed by atoms with E-state index in [-0.39, 0.29) is 11.1 Å². The number of pyridine rings is 1. The van der Waals surface area contributed by atoms with Gasteiger partial charge in [-0.15, -0.1) is 0 Å². The van der Waals surface area contributed by atoms with Crippen molar-refractivity contribution in [3.8, 4) is 5.82 Å². The standard InChI is InChI=1S/C25H30N8O/c1-5-32-23(34)19-15-28-24(29-18-10-9-17-14-27-12-11-16(17)13-18)31-22(19)33(32)21-8-6-7-20(30-21)25(2,3)26-4/h6-10,13,15,26-27H,5,11-12,14H2,1-4H3,(H,28,29,31). The van der Waals surface area contributed by atoms with Gasteiger partial charge in [0.25, 0.3) is 5.56 Å². The molecule has 0 radical (unpaired) electrons. The Balaban J connectivity index is 1.60. The highest BCUT2D eigenvalue weighted by molar-refractivity contribution is 5.77. The molecule has 0 bridgehead atoms. The van der Waals surface area contributed by atoms with Crippen LogP contribution < -0.4 is 21.5 Å². The maximum Gasteiger partial charge on any atom is 0.278 e. The van der Waals surface area contributed by atoms with Gasteiger partial charge in [0, 0.05) is 25.0 Å². The normalized spacial score (nSPS) is 13.8. The van der Waals surface area contributed by atoms with Gasteiger partial charge in [-0.05, 0) is 76.2 Å². The molecule has 34 heavy (non-hydrogen) atoms. The lowest BCUT2D eigenvalue weighted by Gasteiger charge is -2.24. The van der Waals surface area contributed by atoms with Crippen LogP contribution in [0.15, 0.2) is 47.4 Å². The lowest BCUT2D eigenvalue weighted by atomic mass is 10.0. The highest BCUT2D eigenvalue weighted by Crippen LogP contribution is 2.23. The van der Waals surface area contributed by atoms with Crippen LogP contribution in [0.5, 0.6) is 0 Å². The molecular formula is C25H30N8O. The van der Waals surface area contributed by atoms with Crippen molar-refractivity contribution in [2.45, 2.75) is 45.8 Å². The Morgan fingerprint density at radius 1 is 1.15 bits per heavy atom. The second-order valence-corrected chi connectivity index (χ2v) is 9.05. The van der Waals surface area contributed by atoms with Gasteiger partial charge in [-0.1, -0.05) is 12.1 Å². The molecule has 0 saturated heterocycles. The van der Waals surface area contributed by atoms with E-state index in [1.54, 1.807) is 15.6 Å². The van der Waals surface area contributed by atoms with E-state index >= 15 is 0 Å². The molecule has 1 aliphatic heterocycles. The number of hydrogen-bond acceptors (Lipinski definition) is 7. The Hall–Kier alpha value is -3.56. The predicted molar refractivity (Wildman–Crippen MR) is 134 cm³/mol. The minimum absolute atomic E-state index is 0.134. The first kappa shape index (κ1) is 22.2. The molecular weight excluding hydrogens is 428 g/mol. The Bertz CT molecular complexity index is 1420. The van der Waals surface area contributed by atoms with E-state index in [0.717, 1.165) is 30.9 Å². The van der Waals surface area contributed by atoms with E-state index in [2.05, 4.69) is 46.9 Å². The third kappa shape index (κ3) is 3.86. The summed E-state index contributed by atoms with van der Waals surface area (Å²) in [5, 5.41) is 10.5. The van der Waals surface area contributed by atoms with E-state index < -0.39 is 0 Å². The topological polar surface area (TPSA) is 102 Å². The van der Waals surface area contributed by atoms with Crippen LogP contribution in [0.3, 0.4) is 0 Å². The monoisotopic (exact) mass is 458 g/mol. The van der Waals surface area contributed by atoms with Gasteiger partial charge in [-0.3, -0.25) is 4.79 Å². The number of fused-ring (bicyclic) bond motifs is 2. The third-order valence-corrected chi connectivity index (χ3v) is 6.54. The lowest BCUT2D eigenvalue weighted by molar-refractivity contribution is 0.429. The second kappa shape index (κ2) is 8.66. The van der Waals surface area contributed by atoms with Crippen molar-refractivity contribution in [2.75, 3.05) is 18.9 Å². The Morgan fingerprint density at radius 2 is 2.00 bits per heavy atom. The quantitative estimate of drug-likeness (QED) is 0.408. The zero-order valence-electron chi connectivity index (χ0n) is 20.0. The third-order valence-electron chi connectivity index (χ3n) is 6.54. The smallest absolute Gasteiger partial charge is 0.278 e. The van der Waals surface area contributed by atoms with Gasteiger partial charge in [-0.2, -0.15) is 4.98 Å².